The highest BCUT2D eigenvalue weighted by molar-refractivity contribution is 5.89. The molecule has 0 aliphatic carbocycles. The van der Waals surface area contributed by atoms with Crippen LogP contribution in [0, 0.1) is 5.92 Å². The van der Waals surface area contributed by atoms with Gasteiger partial charge in [-0.05, 0) is 30.2 Å². The number of nitrogens with zero attached hydrogens (tertiary/aromatic N) is 2. The summed E-state index contributed by atoms with van der Waals surface area (Å²) in [5.41, 5.74) is 2.04. The first kappa shape index (κ1) is 20.7. The Labute approximate surface area is 172 Å². The third kappa shape index (κ3) is 4.88. The molecular weight excluding hydrogens is 368 g/mol. The predicted octanol–water partition coefficient (Wildman–Crippen LogP) is 3.10. The third-order valence-corrected chi connectivity index (χ3v) is 5.29. The average molecular weight is 396 g/mol. The lowest BCUT2D eigenvalue weighted by Gasteiger charge is -2.24. The summed E-state index contributed by atoms with van der Waals surface area (Å²) in [6.07, 6.45) is 0.261. The molecule has 0 radical (unpaired) electrons. The van der Waals surface area contributed by atoms with Crippen molar-refractivity contribution in [2.75, 3.05) is 27.3 Å². The van der Waals surface area contributed by atoms with E-state index in [1.807, 2.05) is 60.4 Å². The molecule has 0 aromatic heterocycles. The van der Waals surface area contributed by atoms with Crippen molar-refractivity contribution in [2.24, 2.45) is 5.92 Å². The molecule has 0 bridgehead atoms. The van der Waals surface area contributed by atoms with Crippen LogP contribution in [0.1, 0.15) is 24.5 Å². The number of methoxy groups -OCH3 is 2. The van der Waals surface area contributed by atoms with Crippen molar-refractivity contribution >= 4 is 11.8 Å². The van der Waals surface area contributed by atoms with E-state index in [4.69, 9.17) is 9.47 Å². The molecule has 0 N–H and O–H groups in total. The van der Waals surface area contributed by atoms with Gasteiger partial charge < -0.3 is 19.3 Å². The fraction of sp³-hybridized carbons (Fsp3) is 0.391. The summed E-state index contributed by atoms with van der Waals surface area (Å²) in [7, 11) is 3.18. The van der Waals surface area contributed by atoms with Crippen LogP contribution in [-0.4, -0.2) is 48.9 Å². The van der Waals surface area contributed by atoms with Crippen LogP contribution in [0.4, 0.5) is 0 Å². The monoisotopic (exact) mass is 396 g/mol. The van der Waals surface area contributed by atoms with Gasteiger partial charge in [-0.2, -0.15) is 0 Å². The molecular formula is C23H28N2O4. The van der Waals surface area contributed by atoms with E-state index in [1.165, 1.54) is 0 Å². The highest BCUT2D eigenvalue weighted by Crippen LogP contribution is 2.29. The van der Waals surface area contributed by atoms with Crippen LogP contribution >= 0.6 is 0 Å². The number of likely N-dealkylation sites (tertiary alicyclic amines) is 1. The molecule has 1 heterocycles. The van der Waals surface area contributed by atoms with Crippen LogP contribution in [-0.2, 0) is 22.7 Å². The molecule has 1 fully saturated rings. The Hall–Kier alpha value is -3.02. The van der Waals surface area contributed by atoms with Crippen molar-refractivity contribution in [3.63, 3.8) is 0 Å². The lowest BCUT2D eigenvalue weighted by molar-refractivity contribution is -0.136. The molecule has 2 aromatic carbocycles. The lowest BCUT2D eigenvalue weighted by Crippen LogP contribution is -2.36. The number of ether oxygens (including phenoxy) is 2. The molecule has 1 aliphatic rings. The van der Waals surface area contributed by atoms with Gasteiger partial charge in [0.05, 0.1) is 20.1 Å². The van der Waals surface area contributed by atoms with Crippen molar-refractivity contribution in [3.8, 4) is 11.5 Å². The van der Waals surface area contributed by atoms with Crippen molar-refractivity contribution in [1.82, 2.24) is 9.80 Å². The topological polar surface area (TPSA) is 59.1 Å². The molecule has 1 atom stereocenters. The third-order valence-electron chi connectivity index (χ3n) is 5.29. The minimum atomic E-state index is -0.300. The van der Waals surface area contributed by atoms with Crippen molar-refractivity contribution < 1.29 is 19.1 Å². The number of carbonyl (C=O) groups is 2. The van der Waals surface area contributed by atoms with E-state index < -0.39 is 0 Å². The first-order valence-electron chi connectivity index (χ1n) is 9.87. The minimum absolute atomic E-state index is 0.00824. The Kier molecular flexibility index (Phi) is 6.75. The van der Waals surface area contributed by atoms with Crippen LogP contribution in [0.15, 0.2) is 48.5 Å². The Balaban J connectivity index is 1.65. The van der Waals surface area contributed by atoms with Gasteiger partial charge >= 0.3 is 0 Å². The fourth-order valence-corrected chi connectivity index (χ4v) is 3.70. The number of benzene rings is 2. The number of amides is 2. The lowest BCUT2D eigenvalue weighted by atomic mass is 10.1. The molecule has 2 aromatic rings. The van der Waals surface area contributed by atoms with Gasteiger partial charge in [-0.1, -0.05) is 36.4 Å². The molecule has 0 saturated carbocycles. The van der Waals surface area contributed by atoms with Crippen molar-refractivity contribution in [3.05, 3.63) is 59.7 Å². The molecule has 0 spiro atoms. The van der Waals surface area contributed by atoms with Crippen molar-refractivity contribution in [2.45, 2.75) is 26.4 Å². The first-order valence-corrected chi connectivity index (χ1v) is 9.87. The van der Waals surface area contributed by atoms with Gasteiger partial charge in [-0.15, -0.1) is 0 Å². The molecule has 3 rings (SSSR count). The normalized spacial score (nSPS) is 16.0. The van der Waals surface area contributed by atoms with Gasteiger partial charge in [0.2, 0.25) is 11.8 Å². The highest BCUT2D eigenvalue weighted by Gasteiger charge is 2.36. The number of hydrogen-bond acceptors (Lipinski definition) is 4. The standard InChI is InChI=1S/C23H28N2O4/c1-4-24(14-17-8-6-5-7-9-17)23(27)19-13-22(26)25(16-19)15-18-10-11-20(28-2)21(12-18)29-3/h5-12,19H,4,13-16H2,1-3H3. The largest absolute Gasteiger partial charge is 0.493 e. The Morgan fingerprint density at radius 2 is 1.79 bits per heavy atom. The summed E-state index contributed by atoms with van der Waals surface area (Å²) < 4.78 is 10.6. The number of rotatable bonds is 8. The number of hydrogen-bond donors (Lipinski definition) is 0. The highest BCUT2D eigenvalue weighted by atomic mass is 16.5. The van der Waals surface area contributed by atoms with E-state index in [2.05, 4.69) is 0 Å². The zero-order valence-corrected chi connectivity index (χ0v) is 17.3. The molecule has 6 nitrogen and oxygen atoms in total. The Morgan fingerprint density at radius 1 is 1.07 bits per heavy atom. The van der Waals surface area contributed by atoms with Gasteiger partial charge in [-0.25, -0.2) is 0 Å². The second-order valence-corrected chi connectivity index (χ2v) is 7.20. The van der Waals surface area contributed by atoms with Crippen LogP contribution in [0.25, 0.3) is 0 Å². The summed E-state index contributed by atoms with van der Waals surface area (Å²) in [6, 6.07) is 15.5. The molecule has 29 heavy (non-hydrogen) atoms. The smallest absolute Gasteiger partial charge is 0.228 e. The van der Waals surface area contributed by atoms with E-state index in [9.17, 15) is 9.59 Å². The van der Waals surface area contributed by atoms with Crippen LogP contribution in [0.5, 0.6) is 11.5 Å². The molecule has 6 heteroatoms. The predicted molar refractivity (Wildman–Crippen MR) is 111 cm³/mol. The van der Waals surface area contributed by atoms with Crippen LogP contribution in [0.2, 0.25) is 0 Å². The average Bonchev–Trinajstić information content (AvgIpc) is 3.12. The maximum atomic E-state index is 13.0. The van der Waals surface area contributed by atoms with Crippen molar-refractivity contribution in [1.29, 1.82) is 0 Å². The van der Waals surface area contributed by atoms with E-state index in [-0.39, 0.29) is 24.2 Å². The van der Waals surface area contributed by atoms with E-state index >= 15 is 0 Å². The zero-order valence-electron chi connectivity index (χ0n) is 17.3. The van der Waals surface area contributed by atoms with E-state index in [1.54, 1.807) is 19.1 Å². The second kappa shape index (κ2) is 9.45. The van der Waals surface area contributed by atoms with Gasteiger partial charge in [0.15, 0.2) is 11.5 Å². The second-order valence-electron chi connectivity index (χ2n) is 7.20. The maximum Gasteiger partial charge on any atom is 0.228 e. The SMILES string of the molecule is CCN(Cc1ccccc1)C(=O)C1CC(=O)N(Cc2ccc(OC)c(OC)c2)C1. The van der Waals surface area contributed by atoms with E-state index in [0.29, 0.717) is 37.7 Å². The summed E-state index contributed by atoms with van der Waals surface area (Å²) in [5.74, 6) is 1.03. The molecule has 2 amide bonds. The minimum Gasteiger partial charge on any atom is -0.493 e. The Morgan fingerprint density at radius 3 is 2.45 bits per heavy atom. The Bertz CT molecular complexity index is 853. The number of carbonyl (C=O) groups excluding carboxylic acids is 2. The zero-order chi connectivity index (χ0) is 20.8. The summed E-state index contributed by atoms with van der Waals surface area (Å²) in [4.78, 5) is 29.1. The molecule has 1 unspecified atom stereocenters. The first-order chi connectivity index (χ1) is 14.0. The van der Waals surface area contributed by atoms with Crippen LogP contribution in [0.3, 0.4) is 0 Å². The molecule has 154 valence electrons. The molecule has 1 saturated heterocycles. The van der Waals surface area contributed by atoms with Gasteiger partial charge in [0, 0.05) is 32.6 Å². The summed E-state index contributed by atoms with van der Waals surface area (Å²) in [5, 5.41) is 0. The summed E-state index contributed by atoms with van der Waals surface area (Å²) >= 11 is 0. The maximum absolute atomic E-state index is 13.0. The van der Waals surface area contributed by atoms with Gasteiger partial charge in [0.25, 0.3) is 0 Å². The van der Waals surface area contributed by atoms with Gasteiger partial charge in [-0.3, -0.25) is 9.59 Å². The van der Waals surface area contributed by atoms with Gasteiger partial charge in [0.1, 0.15) is 0 Å². The molecule has 1 aliphatic heterocycles. The fourth-order valence-electron chi connectivity index (χ4n) is 3.70. The quantitative estimate of drug-likeness (QED) is 0.688. The van der Waals surface area contributed by atoms with Crippen LogP contribution < -0.4 is 9.47 Å². The van der Waals surface area contributed by atoms with E-state index in [0.717, 1.165) is 11.1 Å². The summed E-state index contributed by atoms with van der Waals surface area (Å²) in [6.45, 7) is 4.05.